The Balaban J connectivity index is 1.87. The molecule has 1 aliphatic rings. The first-order chi connectivity index (χ1) is 13.2. The maximum absolute atomic E-state index is 9.99. The molecule has 5 heteroatoms. The van der Waals surface area contributed by atoms with E-state index in [1.165, 1.54) is 77.0 Å². The van der Waals surface area contributed by atoms with Gasteiger partial charge in [-0.15, -0.1) is 0 Å². The van der Waals surface area contributed by atoms with Crippen molar-refractivity contribution >= 4 is 0 Å². The highest BCUT2D eigenvalue weighted by Gasteiger charge is 2.39. The maximum atomic E-state index is 9.99. The quantitative estimate of drug-likeness (QED) is 0.329. The summed E-state index contributed by atoms with van der Waals surface area (Å²) in [7, 11) is 0. The average Bonchev–Trinajstić information content (AvgIpc) is 2.68. The van der Waals surface area contributed by atoms with Gasteiger partial charge < -0.3 is 24.8 Å². The van der Waals surface area contributed by atoms with Crippen LogP contribution in [0.2, 0.25) is 0 Å². The highest BCUT2D eigenvalue weighted by Crippen LogP contribution is 2.19. The van der Waals surface area contributed by atoms with Gasteiger partial charge in [0.15, 0.2) is 0 Å². The molecule has 0 unspecified atom stereocenters. The van der Waals surface area contributed by atoms with Gasteiger partial charge in [-0.05, 0) is 6.42 Å². The molecule has 27 heavy (non-hydrogen) atoms. The first-order valence-electron chi connectivity index (χ1n) is 11.4. The minimum atomic E-state index is -0.984. The van der Waals surface area contributed by atoms with E-state index in [9.17, 15) is 15.3 Å². The molecule has 0 aromatic heterocycles. The Kier molecular flexibility index (Phi) is 15.4. The van der Waals surface area contributed by atoms with Crippen molar-refractivity contribution in [2.24, 2.45) is 0 Å². The van der Waals surface area contributed by atoms with Crippen LogP contribution in [0.4, 0.5) is 0 Å². The third-order valence-electron chi connectivity index (χ3n) is 5.57. The molecule has 0 aromatic rings. The molecule has 1 saturated heterocycles. The van der Waals surface area contributed by atoms with Crippen LogP contribution in [-0.4, -0.2) is 59.6 Å². The predicted molar refractivity (Wildman–Crippen MR) is 109 cm³/mol. The highest BCUT2D eigenvalue weighted by atomic mass is 16.6. The van der Waals surface area contributed by atoms with Crippen molar-refractivity contribution in [3.63, 3.8) is 0 Å². The van der Waals surface area contributed by atoms with Gasteiger partial charge >= 0.3 is 0 Å². The maximum Gasteiger partial charge on any atom is 0.114 e. The fourth-order valence-electron chi connectivity index (χ4n) is 3.73. The lowest BCUT2D eigenvalue weighted by Gasteiger charge is -2.37. The van der Waals surface area contributed by atoms with E-state index in [1.807, 2.05) is 0 Å². The van der Waals surface area contributed by atoms with E-state index in [-0.39, 0.29) is 13.2 Å². The van der Waals surface area contributed by atoms with Crippen molar-refractivity contribution < 1.29 is 24.8 Å². The zero-order valence-electron chi connectivity index (χ0n) is 17.5. The zero-order valence-corrected chi connectivity index (χ0v) is 17.5. The van der Waals surface area contributed by atoms with E-state index in [2.05, 4.69) is 6.92 Å². The summed E-state index contributed by atoms with van der Waals surface area (Å²) in [5.74, 6) is 0. The second kappa shape index (κ2) is 16.7. The molecule has 0 spiro atoms. The number of unbranched alkanes of at least 4 members (excludes halogenated alkanes) is 13. The van der Waals surface area contributed by atoms with Crippen LogP contribution in [0.15, 0.2) is 0 Å². The van der Waals surface area contributed by atoms with Gasteiger partial charge in [0.05, 0.1) is 13.2 Å². The summed E-state index contributed by atoms with van der Waals surface area (Å²) in [6.07, 6.45) is 15.3. The number of hydrogen-bond donors (Lipinski definition) is 3. The van der Waals surface area contributed by atoms with Gasteiger partial charge in [0.1, 0.15) is 24.4 Å². The van der Waals surface area contributed by atoms with E-state index in [1.54, 1.807) is 0 Å². The van der Waals surface area contributed by atoms with Crippen molar-refractivity contribution in [3.05, 3.63) is 0 Å². The summed E-state index contributed by atoms with van der Waals surface area (Å²) in [5, 5.41) is 28.9. The molecule has 1 aliphatic heterocycles. The van der Waals surface area contributed by atoms with E-state index in [0.717, 1.165) is 12.8 Å². The van der Waals surface area contributed by atoms with Gasteiger partial charge in [0.25, 0.3) is 0 Å². The standard InChI is InChI=1S/C22H44O5/c1-2-3-4-5-6-7-8-9-10-11-12-13-14-15-16-26-22-20(17-23)27-18-19(24)21(22)25/h19-25H,2-18H2,1H3/t19-,20+,21+,22+/m0/s1. The van der Waals surface area contributed by atoms with Crippen LogP contribution in [0.25, 0.3) is 0 Å². The summed E-state index contributed by atoms with van der Waals surface area (Å²) in [6.45, 7) is 2.64. The Bertz CT molecular complexity index is 324. The molecular weight excluding hydrogens is 344 g/mol. The van der Waals surface area contributed by atoms with Crippen molar-refractivity contribution in [1.29, 1.82) is 0 Å². The largest absolute Gasteiger partial charge is 0.394 e. The Morgan fingerprint density at radius 1 is 0.778 bits per heavy atom. The van der Waals surface area contributed by atoms with Crippen LogP contribution in [0.5, 0.6) is 0 Å². The molecule has 0 bridgehead atoms. The summed E-state index contributed by atoms with van der Waals surface area (Å²) in [6, 6.07) is 0. The van der Waals surface area contributed by atoms with Gasteiger partial charge in [-0.2, -0.15) is 0 Å². The number of hydrogen-bond acceptors (Lipinski definition) is 5. The highest BCUT2D eigenvalue weighted by molar-refractivity contribution is 4.87. The molecular formula is C22H44O5. The first kappa shape index (κ1) is 24.8. The Morgan fingerprint density at radius 3 is 1.74 bits per heavy atom. The van der Waals surface area contributed by atoms with Gasteiger partial charge in [-0.3, -0.25) is 0 Å². The summed E-state index contributed by atoms with van der Waals surface area (Å²) >= 11 is 0. The van der Waals surface area contributed by atoms with Gasteiger partial charge in [-0.1, -0.05) is 90.4 Å². The molecule has 5 nitrogen and oxygen atoms in total. The van der Waals surface area contributed by atoms with Gasteiger partial charge in [-0.25, -0.2) is 0 Å². The Labute approximate surface area is 166 Å². The summed E-state index contributed by atoms with van der Waals surface area (Å²) < 4.78 is 11.0. The fraction of sp³-hybridized carbons (Fsp3) is 1.00. The average molecular weight is 389 g/mol. The second-order valence-corrected chi connectivity index (χ2v) is 8.04. The van der Waals surface area contributed by atoms with Crippen molar-refractivity contribution in [2.45, 2.75) is 121 Å². The lowest BCUT2D eigenvalue weighted by Crippen LogP contribution is -2.55. The molecule has 1 rings (SSSR count). The fourth-order valence-corrected chi connectivity index (χ4v) is 3.73. The minimum Gasteiger partial charge on any atom is -0.394 e. The lowest BCUT2D eigenvalue weighted by molar-refractivity contribution is -0.211. The third kappa shape index (κ3) is 11.4. The lowest BCUT2D eigenvalue weighted by atomic mass is 10.0. The van der Waals surface area contributed by atoms with E-state index < -0.39 is 24.4 Å². The van der Waals surface area contributed by atoms with E-state index >= 15 is 0 Å². The van der Waals surface area contributed by atoms with Crippen LogP contribution in [0, 0.1) is 0 Å². The molecule has 162 valence electrons. The normalized spacial score (nSPS) is 25.8. The van der Waals surface area contributed by atoms with Crippen molar-refractivity contribution in [3.8, 4) is 0 Å². The molecule has 4 atom stereocenters. The van der Waals surface area contributed by atoms with Crippen LogP contribution in [0.1, 0.15) is 96.8 Å². The van der Waals surface area contributed by atoms with Crippen LogP contribution < -0.4 is 0 Å². The molecule has 0 aliphatic carbocycles. The van der Waals surface area contributed by atoms with Crippen LogP contribution in [0.3, 0.4) is 0 Å². The second-order valence-electron chi connectivity index (χ2n) is 8.04. The topological polar surface area (TPSA) is 79.2 Å². The molecule has 1 heterocycles. The Hall–Kier alpha value is -0.200. The SMILES string of the molecule is CCCCCCCCCCCCCCCCO[C@H]1[C@H](O)[C@@H](O)CO[C@@H]1CO. The van der Waals surface area contributed by atoms with E-state index in [0.29, 0.717) is 6.61 Å². The van der Waals surface area contributed by atoms with E-state index in [4.69, 9.17) is 9.47 Å². The third-order valence-corrected chi connectivity index (χ3v) is 5.57. The number of aliphatic hydroxyl groups is 3. The summed E-state index contributed by atoms with van der Waals surface area (Å²) in [4.78, 5) is 0. The smallest absolute Gasteiger partial charge is 0.114 e. The van der Waals surface area contributed by atoms with Gasteiger partial charge in [0.2, 0.25) is 0 Å². The molecule has 1 fully saturated rings. The zero-order chi connectivity index (χ0) is 19.7. The predicted octanol–water partition coefficient (Wildman–Crippen LogP) is 3.97. The minimum absolute atomic E-state index is 0.0467. The Morgan fingerprint density at radius 2 is 1.26 bits per heavy atom. The monoisotopic (exact) mass is 388 g/mol. The summed E-state index contributed by atoms with van der Waals surface area (Å²) in [5.41, 5.74) is 0. The van der Waals surface area contributed by atoms with Crippen molar-refractivity contribution in [1.82, 2.24) is 0 Å². The van der Waals surface area contributed by atoms with Crippen LogP contribution >= 0.6 is 0 Å². The van der Waals surface area contributed by atoms with Crippen molar-refractivity contribution in [2.75, 3.05) is 19.8 Å². The first-order valence-corrected chi connectivity index (χ1v) is 11.4. The molecule has 0 aromatic carbocycles. The van der Waals surface area contributed by atoms with Crippen LogP contribution in [-0.2, 0) is 9.47 Å². The molecule has 3 N–H and O–H groups in total. The number of aliphatic hydroxyl groups excluding tert-OH is 3. The molecule has 0 saturated carbocycles. The molecule has 0 amide bonds. The van der Waals surface area contributed by atoms with Gasteiger partial charge in [0, 0.05) is 6.61 Å². The molecule has 0 radical (unpaired) electrons. The number of ether oxygens (including phenoxy) is 2. The number of rotatable bonds is 17.